The van der Waals surface area contributed by atoms with Crippen molar-refractivity contribution in [1.82, 2.24) is 15.5 Å². The van der Waals surface area contributed by atoms with E-state index in [1.807, 2.05) is 49.2 Å². The highest BCUT2D eigenvalue weighted by Gasteiger charge is 2.47. The predicted molar refractivity (Wildman–Crippen MR) is 106 cm³/mol. The number of nitrogens with zero attached hydrogens (tertiary/aromatic N) is 1. The smallest absolute Gasteiger partial charge is 0.254 e. The molecule has 6 heteroatoms. The molecule has 4 atom stereocenters. The van der Waals surface area contributed by atoms with Crippen LogP contribution in [0.15, 0.2) is 30.3 Å². The maximum atomic E-state index is 13.1. The number of fused-ring (bicyclic) bond motifs is 1. The van der Waals surface area contributed by atoms with Crippen LogP contribution in [0.4, 0.5) is 0 Å². The first-order valence-corrected chi connectivity index (χ1v) is 9.44. The fraction of sp³-hybridized carbons (Fsp3) is 0.600. The van der Waals surface area contributed by atoms with E-state index in [-0.39, 0.29) is 42.3 Å². The summed E-state index contributed by atoms with van der Waals surface area (Å²) >= 11 is 0. The van der Waals surface area contributed by atoms with Gasteiger partial charge in [-0.3, -0.25) is 9.59 Å². The van der Waals surface area contributed by atoms with E-state index in [9.17, 15) is 9.59 Å². The Labute approximate surface area is 162 Å². The fourth-order valence-electron chi connectivity index (χ4n) is 4.19. The summed E-state index contributed by atoms with van der Waals surface area (Å²) in [4.78, 5) is 27.9. The van der Waals surface area contributed by atoms with Gasteiger partial charge in [-0.15, -0.1) is 12.4 Å². The molecule has 2 aliphatic rings. The van der Waals surface area contributed by atoms with E-state index in [1.54, 1.807) is 0 Å². The summed E-state index contributed by atoms with van der Waals surface area (Å²) in [6, 6.07) is 9.44. The van der Waals surface area contributed by atoms with Gasteiger partial charge in [-0.05, 0) is 51.3 Å². The first-order chi connectivity index (χ1) is 12.1. The lowest BCUT2D eigenvalue weighted by atomic mass is 9.84. The van der Waals surface area contributed by atoms with Gasteiger partial charge in [-0.1, -0.05) is 31.0 Å². The van der Waals surface area contributed by atoms with Crippen molar-refractivity contribution in [2.75, 3.05) is 13.6 Å². The second-order valence-electron chi connectivity index (χ2n) is 7.38. The fourth-order valence-corrected chi connectivity index (χ4v) is 4.19. The standard InChI is InChI=1S/C20H29N3O2.ClH/c1-14(21-2)13-22-19(24)18-12-16-10-6-7-11-17(16)23(18)20(25)15-8-4-3-5-9-15;/h3-5,8-9,14,16-18,21H,6-7,10-13H2,1-2H3,(H,22,24);1H. The third kappa shape index (κ3) is 4.38. The average Bonchev–Trinajstić information content (AvgIpc) is 3.05. The zero-order valence-electron chi connectivity index (χ0n) is 15.6. The van der Waals surface area contributed by atoms with Gasteiger partial charge in [0.2, 0.25) is 5.91 Å². The van der Waals surface area contributed by atoms with Crippen LogP contribution in [0.5, 0.6) is 0 Å². The largest absolute Gasteiger partial charge is 0.353 e. The molecule has 4 unspecified atom stereocenters. The van der Waals surface area contributed by atoms with Gasteiger partial charge in [0.05, 0.1) is 0 Å². The molecule has 0 bridgehead atoms. The summed E-state index contributed by atoms with van der Waals surface area (Å²) in [5.74, 6) is 0.441. The highest BCUT2D eigenvalue weighted by molar-refractivity contribution is 5.98. The van der Waals surface area contributed by atoms with Crippen LogP contribution in [0.25, 0.3) is 0 Å². The summed E-state index contributed by atoms with van der Waals surface area (Å²) in [7, 11) is 1.88. The van der Waals surface area contributed by atoms with E-state index in [0.29, 0.717) is 18.0 Å². The summed E-state index contributed by atoms with van der Waals surface area (Å²) < 4.78 is 0. The number of carbonyl (C=O) groups is 2. The number of hydrogen-bond donors (Lipinski definition) is 2. The first kappa shape index (κ1) is 20.7. The van der Waals surface area contributed by atoms with Crippen LogP contribution in [-0.2, 0) is 4.79 Å². The number of nitrogens with one attached hydrogen (secondary N) is 2. The van der Waals surface area contributed by atoms with Crippen LogP contribution in [0.3, 0.4) is 0 Å². The Bertz CT molecular complexity index is 610. The molecule has 0 radical (unpaired) electrons. The number of likely N-dealkylation sites (N-methyl/N-ethyl adjacent to an activating group) is 1. The Morgan fingerprint density at radius 1 is 1.19 bits per heavy atom. The second-order valence-corrected chi connectivity index (χ2v) is 7.38. The lowest BCUT2D eigenvalue weighted by Gasteiger charge is -2.33. The minimum Gasteiger partial charge on any atom is -0.353 e. The Kier molecular flexibility index (Phi) is 7.47. The Morgan fingerprint density at radius 2 is 1.88 bits per heavy atom. The molecule has 1 heterocycles. The minimum atomic E-state index is -0.343. The zero-order chi connectivity index (χ0) is 17.8. The molecule has 2 fully saturated rings. The summed E-state index contributed by atoms with van der Waals surface area (Å²) in [5, 5.41) is 6.15. The van der Waals surface area contributed by atoms with Gasteiger partial charge in [0.25, 0.3) is 5.91 Å². The molecule has 2 amide bonds. The summed E-state index contributed by atoms with van der Waals surface area (Å²) in [6.07, 6.45) is 5.29. The second kappa shape index (κ2) is 9.38. The van der Waals surface area contributed by atoms with Crippen molar-refractivity contribution in [3.05, 3.63) is 35.9 Å². The molecule has 1 aromatic carbocycles. The van der Waals surface area contributed by atoms with Crippen LogP contribution in [-0.4, -0.2) is 48.4 Å². The molecule has 5 nitrogen and oxygen atoms in total. The van der Waals surface area contributed by atoms with Crippen LogP contribution >= 0.6 is 12.4 Å². The van der Waals surface area contributed by atoms with Crippen molar-refractivity contribution >= 4 is 24.2 Å². The summed E-state index contributed by atoms with van der Waals surface area (Å²) in [5.41, 5.74) is 0.676. The predicted octanol–water partition coefficient (Wildman–Crippen LogP) is 2.61. The van der Waals surface area contributed by atoms with Crippen LogP contribution in [0, 0.1) is 5.92 Å². The molecule has 2 N–H and O–H groups in total. The van der Waals surface area contributed by atoms with Crippen molar-refractivity contribution in [3.8, 4) is 0 Å². The van der Waals surface area contributed by atoms with Crippen molar-refractivity contribution in [1.29, 1.82) is 0 Å². The number of likely N-dealkylation sites (tertiary alicyclic amines) is 1. The van der Waals surface area contributed by atoms with Crippen molar-refractivity contribution in [3.63, 3.8) is 0 Å². The summed E-state index contributed by atoms with van der Waals surface area (Å²) in [6.45, 7) is 2.61. The molecular weight excluding hydrogens is 350 g/mol. The Hall–Kier alpha value is -1.59. The Balaban J connectivity index is 0.00000243. The van der Waals surface area contributed by atoms with Crippen LogP contribution in [0.1, 0.15) is 49.4 Å². The van der Waals surface area contributed by atoms with Crippen LogP contribution < -0.4 is 10.6 Å². The SMILES string of the molecule is CNC(C)CNC(=O)C1CC2CCCCC2N1C(=O)c1ccccc1.Cl. The number of hydrogen-bond acceptors (Lipinski definition) is 3. The lowest BCUT2D eigenvalue weighted by molar-refractivity contribution is -0.125. The van der Waals surface area contributed by atoms with Crippen LogP contribution in [0.2, 0.25) is 0 Å². The minimum absolute atomic E-state index is 0. The molecule has 3 rings (SSSR count). The van der Waals surface area contributed by atoms with Gasteiger partial charge >= 0.3 is 0 Å². The van der Waals surface area contributed by atoms with Gasteiger partial charge in [-0.25, -0.2) is 0 Å². The maximum absolute atomic E-state index is 13.1. The topological polar surface area (TPSA) is 61.4 Å². The van der Waals surface area contributed by atoms with Crippen molar-refractivity contribution in [2.45, 2.75) is 57.2 Å². The van der Waals surface area contributed by atoms with E-state index in [0.717, 1.165) is 25.7 Å². The highest BCUT2D eigenvalue weighted by Crippen LogP contribution is 2.40. The molecule has 1 aliphatic carbocycles. The number of benzene rings is 1. The quantitative estimate of drug-likeness (QED) is 0.826. The molecule has 1 saturated heterocycles. The third-order valence-electron chi connectivity index (χ3n) is 5.72. The van der Waals surface area contributed by atoms with E-state index in [1.165, 1.54) is 6.42 Å². The highest BCUT2D eigenvalue weighted by atomic mass is 35.5. The van der Waals surface area contributed by atoms with Gasteiger partial charge in [0.15, 0.2) is 0 Å². The molecular formula is C20H30ClN3O2. The normalized spacial score (nSPS) is 25.8. The molecule has 0 spiro atoms. The molecule has 1 saturated carbocycles. The lowest BCUT2D eigenvalue weighted by Crippen LogP contribution is -2.51. The van der Waals surface area contributed by atoms with Gasteiger partial charge < -0.3 is 15.5 Å². The van der Waals surface area contributed by atoms with Crippen molar-refractivity contribution < 1.29 is 9.59 Å². The molecule has 1 aromatic rings. The number of halogens is 1. The van der Waals surface area contributed by atoms with Crippen molar-refractivity contribution in [2.24, 2.45) is 5.92 Å². The number of carbonyl (C=O) groups excluding carboxylic acids is 2. The van der Waals surface area contributed by atoms with E-state index in [4.69, 9.17) is 0 Å². The molecule has 26 heavy (non-hydrogen) atoms. The molecule has 0 aromatic heterocycles. The van der Waals surface area contributed by atoms with Gasteiger partial charge in [-0.2, -0.15) is 0 Å². The Morgan fingerprint density at radius 3 is 2.58 bits per heavy atom. The number of amides is 2. The third-order valence-corrected chi connectivity index (χ3v) is 5.72. The van der Waals surface area contributed by atoms with Gasteiger partial charge in [0, 0.05) is 24.2 Å². The average molecular weight is 380 g/mol. The molecule has 144 valence electrons. The van der Waals surface area contributed by atoms with E-state index < -0.39 is 0 Å². The van der Waals surface area contributed by atoms with E-state index in [2.05, 4.69) is 10.6 Å². The maximum Gasteiger partial charge on any atom is 0.254 e. The molecule has 1 aliphatic heterocycles. The van der Waals surface area contributed by atoms with Gasteiger partial charge in [0.1, 0.15) is 6.04 Å². The first-order valence-electron chi connectivity index (χ1n) is 9.44. The van der Waals surface area contributed by atoms with E-state index >= 15 is 0 Å². The number of rotatable bonds is 5. The monoisotopic (exact) mass is 379 g/mol. The zero-order valence-corrected chi connectivity index (χ0v) is 16.4.